The first-order chi connectivity index (χ1) is 11.4. The first kappa shape index (κ1) is 17.1. The number of nitrogens with one attached hydrogen (secondary N) is 1. The van der Waals surface area contributed by atoms with Gasteiger partial charge in [0.15, 0.2) is 5.69 Å². The van der Waals surface area contributed by atoms with Gasteiger partial charge in [0.05, 0.1) is 5.69 Å². The van der Waals surface area contributed by atoms with E-state index in [0.717, 1.165) is 0 Å². The fourth-order valence-electron chi connectivity index (χ4n) is 1.95. The van der Waals surface area contributed by atoms with Crippen LogP contribution in [0.4, 0.5) is 5.69 Å². The maximum absolute atomic E-state index is 12.1. The molecule has 7 heteroatoms. The van der Waals surface area contributed by atoms with Crippen molar-refractivity contribution < 1.29 is 9.59 Å². The minimum Gasteiger partial charge on any atom is -0.383 e. The van der Waals surface area contributed by atoms with Crippen LogP contribution in [0.2, 0.25) is 0 Å². The van der Waals surface area contributed by atoms with Crippen LogP contribution in [0, 0.1) is 0 Å². The van der Waals surface area contributed by atoms with Crippen molar-refractivity contribution in [1.29, 1.82) is 0 Å². The van der Waals surface area contributed by atoms with Gasteiger partial charge in [0, 0.05) is 51.2 Å². The molecule has 0 saturated heterocycles. The summed E-state index contributed by atoms with van der Waals surface area (Å²) in [6.45, 7) is 1.41. The van der Waals surface area contributed by atoms with Crippen LogP contribution >= 0.6 is 0 Å². The number of hydrogen-bond acceptors (Lipinski definition) is 5. The first-order valence-corrected chi connectivity index (χ1v) is 7.24. The molecule has 1 amide bonds. The topological polar surface area (TPSA) is 84.3 Å². The minimum atomic E-state index is -0.471. The van der Waals surface area contributed by atoms with Gasteiger partial charge in [0.1, 0.15) is 0 Å². The molecule has 0 unspecified atom stereocenters. The smallest absolute Gasteiger partial charge is 0.221 e. The molecule has 124 valence electrons. The molecule has 2 rings (SSSR count). The number of rotatable bonds is 5. The predicted octanol–water partition coefficient (Wildman–Crippen LogP) is 1.45. The highest BCUT2D eigenvalue weighted by Crippen LogP contribution is 2.13. The number of nitrogens with zero attached hydrogens (tertiary/aromatic N) is 3. The lowest BCUT2D eigenvalue weighted by Crippen LogP contribution is -2.20. The summed E-state index contributed by atoms with van der Waals surface area (Å²) in [4.78, 5) is 36.9. The molecule has 0 saturated carbocycles. The Hall–Kier alpha value is -3.22. The number of amides is 1. The summed E-state index contributed by atoms with van der Waals surface area (Å²) in [5.74, 6) is -0.661. The molecule has 1 N–H and O–H groups in total. The van der Waals surface area contributed by atoms with E-state index in [1.54, 1.807) is 49.5 Å². The molecule has 0 atom stereocenters. The summed E-state index contributed by atoms with van der Waals surface area (Å²) in [6.07, 6.45) is 4.32. The van der Waals surface area contributed by atoms with E-state index in [1.807, 2.05) is 0 Å². The molecule has 0 aliphatic rings. The molecule has 0 aliphatic heterocycles. The molecule has 0 fully saturated rings. The van der Waals surface area contributed by atoms with Crippen molar-refractivity contribution in [2.75, 3.05) is 19.4 Å². The van der Waals surface area contributed by atoms with E-state index in [0.29, 0.717) is 11.4 Å². The van der Waals surface area contributed by atoms with Crippen molar-refractivity contribution in [2.24, 2.45) is 0 Å². The molecule has 2 aromatic rings. The van der Waals surface area contributed by atoms with Gasteiger partial charge >= 0.3 is 0 Å². The number of hydrogen-bond donors (Lipinski definition) is 1. The number of anilines is 1. The molecule has 0 radical (unpaired) electrons. The normalized spacial score (nSPS) is 10.6. The largest absolute Gasteiger partial charge is 0.383 e. The molecule has 0 aliphatic carbocycles. The summed E-state index contributed by atoms with van der Waals surface area (Å²) in [6, 6.07) is 8.22. The van der Waals surface area contributed by atoms with E-state index < -0.39 is 11.2 Å². The van der Waals surface area contributed by atoms with E-state index in [4.69, 9.17) is 0 Å². The van der Waals surface area contributed by atoms with E-state index in [2.05, 4.69) is 10.4 Å². The standard InChI is InChI=1S/C17H18N4O3/c1-12(22)18-13-5-4-6-14(11-13)21-10-8-16(24)17(19-21)15(23)7-9-20(2)3/h4-11H,1-3H3,(H,18,22)/b9-7+. The molecule has 1 aromatic carbocycles. The number of benzene rings is 1. The van der Waals surface area contributed by atoms with Crippen LogP contribution in [-0.2, 0) is 4.79 Å². The third-order valence-electron chi connectivity index (χ3n) is 3.00. The molecule has 1 heterocycles. The highest BCUT2D eigenvalue weighted by atomic mass is 16.1. The van der Waals surface area contributed by atoms with Gasteiger partial charge in [0.25, 0.3) is 0 Å². The summed E-state index contributed by atoms with van der Waals surface area (Å²) < 4.78 is 1.42. The van der Waals surface area contributed by atoms with E-state index in [9.17, 15) is 14.4 Å². The monoisotopic (exact) mass is 326 g/mol. The number of aromatic nitrogens is 2. The van der Waals surface area contributed by atoms with Gasteiger partial charge in [-0.05, 0) is 18.2 Å². The highest BCUT2D eigenvalue weighted by molar-refractivity contribution is 6.02. The zero-order chi connectivity index (χ0) is 17.7. The van der Waals surface area contributed by atoms with E-state index in [1.165, 1.54) is 29.9 Å². The number of carbonyl (C=O) groups excluding carboxylic acids is 2. The van der Waals surface area contributed by atoms with Crippen LogP contribution in [0.25, 0.3) is 5.69 Å². The SMILES string of the molecule is CC(=O)Nc1cccc(-n2ccc(=O)c(C(=O)/C=C/N(C)C)n2)c1. The molecule has 0 bridgehead atoms. The second-order valence-electron chi connectivity index (χ2n) is 5.35. The summed E-state index contributed by atoms with van der Waals surface area (Å²) >= 11 is 0. The van der Waals surface area contributed by atoms with Crippen LogP contribution in [0.5, 0.6) is 0 Å². The quantitative estimate of drug-likeness (QED) is 0.664. The fraction of sp³-hybridized carbons (Fsp3) is 0.176. The van der Waals surface area contributed by atoms with Gasteiger partial charge in [-0.3, -0.25) is 14.4 Å². The third-order valence-corrected chi connectivity index (χ3v) is 3.00. The molecule has 7 nitrogen and oxygen atoms in total. The Morgan fingerprint density at radius 3 is 2.67 bits per heavy atom. The van der Waals surface area contributed by atoms with Crippen molar-refractivity contribution in [1.82, 2.24) is 14.7 Å². The van der Waals surface area contributed by atoms with Crippen molar-refractivity contribution in [3.63, 3.8) is 0 Å². The van der Waals surface area contributed by atoms with Crippen LogP contribution in [0.3, 0.4) is 0 Å². The van der Waals surface area contributed by atoms with Crippen LogP contribution in [-0.4, -0.2) is 40.5 Å². The Bertz CT molecular complexity index is 853. The molecule has 24 heavy (non-hydrogen) atoms. The van der Waals surface area contributed by atoms with E-state index >= 15 is 0 Å². The number of allylic oxidation sites excluding steroid dienone is 1. The second kappa shape index (κ2) is 7.36. The zero-order valence-electron chi connectivity index (χ0n) is 13.7. The average Bonchev–Trinajstić information content (AvgIpc) is 2.52. The fourth-order valence-corrected chi connectivity index (χ4v) is 1.95. The predicted molar refractivity (Wildman–Crippen MR) is 91.3 cm³/mol. The Morgan fingerprint density at radius 1 is 1.25 bits per heavy atom. The Balaban J connectivity index is 2.39. The van der Waals surface area contributed by atoms with Gasteiger partial charge in [-0.25, -0.2) is 4.68 Å². The first-order valence-electron chi connectivity index (χ1n) is 7.24. The lowest BCUT2D eigenvalue weighted by atomic mass is 10.2. The molecular weight excluding hydrogens is 308 g/mol. The lowest BCUT2D eigenvalue weighted by molar-refractivity contribution is -0.114. The van der Waals surface area contributed by atoms with Gasteiger partial charge in [-0.2, -0.15) is 5.10 Å². The van der Waals surface area contributed by atoms with Gasteiger partial charge in [-0.1, -0.05) is 6.07 Å². The van der Waals surface area contributed by atoms with Crippen molar-refractivity contribution in [2.45, 2.75) is 6.92 Å². The van der Waals surface area contributed by atoms with Crippen molar-refractivity contribution in [3.05, 3.63) is 64.7 Å². The Labute approximate surface area is 139 Å². The second-order valence-corrected chi connectivity index (χ2v) is 5.35. The maximum Gasteiger partial charge on any atom is 0.221 e. The lowest BCUT2D eigenvalue weighted by Gasteiger charge is -2.09. The Morgan fingerprint density at radius 2 is 2.00 bits per heavy atom. The minimum absolute atomic E-state index is 0.166. The van der Waals surface area contributed by atoms with Crippen molar-refractivity contribution in [3.8, 4) is 5.69 Å². The highest BCUT2D eigenvalue weighted by Gasteiger charge is 2.11. The molecule has 0 spiro atoms. The Kier molecular flexibility index (Phi) is 5.26. The molecule has 1 aromatic heterocycles. The zero-order valence-corrected chi connectivity index (χ0v) is 13.7. The number of ketones is 1. The van der Waals surface area contributed by atoms with Gasteiger partial charge < -0.3 is 10.2 Å². The maximum atomic E-state index is 12.1. The summed E-state index contributed by atoms with van der Waals surface area (Å²) in [5.41, 5.74) is 0.603. The van der Waals surface area contributed by atoms with E-state index in [-0.39, 0.29) is 11.6 Å². The van der Waals surface area contributed by atoms with Crippen molar-refractivity contribution >= 4 is 17.4 Å². The average molecular weight is 326 g/mol. The molecular formula is C17H18N4O3. The van der Waals surface area contributed by atoms with Crippen LogP contribution < -0.4 is 10.7 Å². The third kappa shape index (κ3) is 4.39. The van der Waals surface area contributed by atoms with Gasteiger partial charge in [0.2, 0.25) is 17.1 Å². The van der Waals surface area contributed by atoms with Gasteiger partial charge in [-0.15, -0.1) is 0 Å². The van der Waals surface area contributed by atoms with Crippen LogP contribution in [0.1, 0.15) is 17.4 Å². The summed E-state index contributed by atoms with van der Waals surface area (Å²) in [7, 11) is 3.54. The van der Waals surface area contributed by atoms with Crippen LogP contribution in [0.15, 0.2) is 53.6 Å². The number of carbonyl (C=O) groups is 2. The summed E-state index contributed by atoms with van der Waals surface area (Å²) in [5, 5.41) is 6.78.